The Morgan fingerprint density at radius 3 is 2.32 bits per heavy atom. The highest BCUT2D eigenvalue weighted by Crippen LogP contribution is 2.47. The van der Waals surface area contributed by atoms with Crippen molar-refractivity contribution in [3.63, 3.8) is 0 Å². The molecule has 3 nitrogen and oxygen atoms in total. The normalized spacial score (nSPS) is 15.1. The average molecular weight is 298 g/mol. The van der Waals surface area contributed by atoms with Gasteiger partial charge in [0.15, 0.2) is 0 Å². The third-order valence-corrected chi connectivity index (χ3v) is 4.19. The number of benzene rings is 2. The van der Waals surface area contributed by atoms with Crippen LogP contribution in [0.3, 0.4) is 0 Å². The molecule has 22 heavy (non-hydrogen) atoms. The molecule has 1 aliphatic rings. The first-order valence-corrected chi connectivity index (χ1v) is 7.50. The van der Waals surface area contributed by atoms with Crippen LogP contribution in [0, 0.1) is 5.82 Å². The van der Waals surface area contributed by atoms with Crippen LogP contribution in [0.2, 0.25) is 0 Å². The number of hydrogen-bond acceptors (Lipinski definition) is 1. The summed E-state index contributed by atoms with van der Waals surface area (Å²) in [5, 5.41) is 5.77. The van der Waals surface area contributed by atoms with Gasteiger partial charge >= 0.3 is 6.03 Å². The van der Waals surface area contributed by atoms with E-state index >= 15 is 0 Å². The molecule has 2 amide bonds. The number of carbonyl (C=O) groups excluding carboxylic acids is 1. The highest BCUT2D eigenvalue weighted by molar-refractivity contribution is 5.74. The molecule has 3 rings (SSSR count). The molecule has 0 atom stereocenters. The molecule has 0 heterocycles. The van der Waals surface area contributed by atoms with Gasteiger partial charge in [-0.1, -0.05) is 42.5 Å². The van der Waals surface area contributed by atoms with Gasteiger partial charge in [0, 0.05) is 18.5 Å². The van der Waals surface area contributed by atoms with Crippen molar-refractivity contribution >= 4 is 6.03 Å². The number of halogens is 1. The molecule has 1 saturated carbocycles. The largest absolute Gasteiger partial charge is 0.337 e. The summed E-state index contributed by atoms with van der Waals surface area (Å²) in [6.07, 6.45) is 2.05. The SMILES string of the molecule is O=C(NCc1ccccc1)NCC1(c2ccc(F)cc2)CC1. The van der Waals surface area contributed by atoms with Crippen molar-refractivity contribution in [2.75, 3.05) is 6.54 Å². The van der Waals surface area contributed by atoms with Gasteiger partial charge in [-0.25, -0.2) is 9.18 Å². The molecule has 4 heteroatoms. The minimum absolute atomic E-state index is 0.0161. The van der Waals surface area contributed by atoms with Crippen LogP contribution < -0.4 is 10.6 Å². The molecule has 2 aromatic carbocycles. The van der Waals surface area contributed by atoms with E-state index in [9.17, 15) is 9.18 Å². The van der Waals surface area contributed by atoms with Crippen molar-refractivity contribution in [3.05, 3.63) is 71.5 Å². The summed E-state index contributed by atoms with van der Waals surface area (Å²) in [5.74, 6) is -0.229. The van der Waals surface area contributed by atoms with E-state index in [4.69, 9.17) is 0 Å². The maximum absolute atomic E-state index is 13.0. The highest BCUT2D eigenvalue weighted by atomic mass is 19.1. The van der Waals surface area contributed by atoms with Crippen molar-refractivity contribution in [1.29, 1.82) is 0 Å². The van der Waals surface area contributed by atoms with Crippen LogP contribution in [-0.2, 0) is 12.0 Å². The summed E-state index contributed by atoms with van der Waals surface area (Å²) in [6, 6.07) is 16.2. The number of amides is 2. The molecule has 0 bridgehead atoms. The third kappa shape index (κ3) is 3.45. The predicted molar refractivity (Wildman–Crippen MR) is 84.0 cm³/mol. The molecule has 114 valence electrons. The van der Waals surface area contributed by atoms with Gasteiger partial charge in [-0.3, -0.25) is 0 Å². The highest BCUT2D eigenvalue weighted by Gasteiger charge is 2.44. The van der Waals surface area contributed by atoms with Gasteiger partial charge in [-0.15, -0.1) is 0 Å². The van der Waals surface area contributed by atoms with E-state index in [1.807, 2.05) is 42.5 Å². The Balaban J connectivity index is 1.49. The molecule has 2 aromatic rings. The molecule has 0 aromatic heterocycles. The van der Waals surface area contributed by atoms with Crippen LogP contribution in [0.15, 0.2) is 54.6 Å². The lowest BCUT2D eigenvalue weighted by molar-refractivity contribution is 0.239. The van der Waals surface area contributed by atoms with Crippen molar-refractivity contribution in [2.24, 2.45) is 0 Å². The summed E-state index contributed by atoms with van der Waals surface area (Å²) < 4.78 is 13.0. The van der Waals surface area contributed by atoms with Crippen molar-refractivity contribution in [3.8, 4) is 0 Å². The number of hydrogen-bond donors (Lipinski definition) is 2. The number of rotatable bonds is 5. The molecular weight excluding hydrogens is 279 g/mol. The van der Waals surface area contributed by atoms with Gasteiger partial charge in [0.25, 0.3) is 0 Å². The first-order chi connectivity index (χ1) is 10.7. The minimum atomic E-state index is -0.229. The molecular formula is C18H19FN2O. The van der Waals surface area contributed by atoms with Crippen LogP contribution in [0.4, 0.5) is 9.18 Å². The average Bonchev–Trinajstić information content (AvgIpc) is 3.34. The smallest absolute Gasteiger partial charge is 0.315 e. The van der Waals surface area contributed by atoms with Gasteiger partial charge in [0.2, 0.25) is 0 Å². The Kier molecular flexibility index (Phi) is 4.09. The molecule has 1 fully saturated rings. The van der Waals surface area contributed by atoms with E-state index in [0.717, 1.165) is 24.0 Å². The predicted octanol–water partition coefficient (Wildman–Crippen LogP) is 3.36. The lowest BCUT2D eigenvalue weighted by Crippen LogP contribution is -2.39. The second-order valence-corrected chi connectivity index (χ2v) is 5.81. The lowest BCUT2D eigenvalue weighted by atomic mass is 9.96. The lowest BCUT2D eigenvalue weighted by Gasteiger charge is -2.17. The van der Waals surface area contributed by atoms with E-state index in [1.165, 1.54) is 12.1 Å². The van der Waals surface area contributed by atoms with Crippen LogP contribution in [0.25, 0.3) is 0 Å². The molecule has 0 radical (unpaired) electrons. The molecule has 0 spiro atoms. The van der Waals surface area contributed by atoms with Crippen LogP contribution >= 0.6 is 0 Å². The molecule has 0 aliphatic heterocycles. The molecule has 0 unspecified atom stereocenters. The zero-order valence-corrected chi connectivity index (χ0v) is 12.3. The number of urea groups is 1. The molecule has 0 saturated heterocycles. The van der Waals surface area contributed by atoms with Crippen molar-refractivity contribution in [2.45, 2.75) is 24.8 Å². The Hall–Kier alpha value is -2.36. The molecule has 1 aliphatic carbocycles. The maximum Gasteiger partial charge on any atom is 0.315 e. The second-order valence-electron chi connectivity index (χ2n) is 5.81. The summed E-state index contributed by atoms with van der Waals surface area (Å²) in [6.45, 7) is 1.09. The quantitative estimate of drug-likeness (QED) is 0.873. The fourth-order valence-corrected chi connectivity index (χ4v) is 2.61. The fraction of sp³-hybridized carbons (Fsp3) is 0.278. The Morgan fingerprint density at radius 1 is 1.00 bits per heavy atom. The fourth-order valence-electron chi connectivity index (χ4n) is 2.61. The third-order valence-electron chi connectivity index (χ3n) is 4.19. The van der Waals surface area contributed by atoms with E-state index in [-0.39, 0.29) is 17.3 Å². The van der Waals surface area contributed by atoms with Gasteiger partial charge < -0.3 is 10.6 Å². The van der Waals surface area contributed by atoms with Crippen molar-refractivity contribution in [1.82, 2.24) is 10.6 Å². The summed E-state index contributed by atoms with van der Waals surface area (Å²) >= 11 is 0. The van der Waals surface area contributed by atoms with Crippen LogP contribution in [0.5, 0.6) is 0 Å². The summed E-state index contributed by atoms with van der Waals surface area (Å²) in [5.41, 5.74) is 2.15. The first-order valence-electron chi connectivity index (χ1n) is 7.50. The standard InChI is InChI=1S/C18H19FN2O/c19-16-8-6-15(7-9-16)18(10-11-18)13-21-17(22)20-12-14-4-2-1-3-5-14/h1-9H,10-13H2,(H2,20,21,22). The Labute approximate surface area is 129 Å². The van der Waals surface area contributed by atoms with Crippen molar-refractivity contribution < 1.29 is 9.18 Å². The van der Waals surface area contributed by atoms with Crippen LogP contribution in [0.1, 0.15) is 24.0 Å². The number of nitrogens with one attached hydrogen (secondary N) is 2. The van der Waals surface area contributed by atoms with Gasteiger partial charge in [-0.05, 0) is 36.1 Å². The monoisotopic (exact) mass is 298 g/mol. The van der Waals surface area contributed by atoms with E-state index < -0.39 is 0 Å². The summed E-state index contributed by atoms with van der Waals surface area (Å²) in [4.78, 5) is 11.9. The van der Waals surface area contributed by atoms with E-state index in [1.54, 1.807) is 0 Å². The van der Waals surface area contributed by atoms with E-state index in [2.05, 4.69) is 10.6 Å². The Bertz CT molecular complexity index is 636. The molecule has 2 N–H and O–H groups in total. The minimum Gasteiger partial charge on any atom is -0.337 e. The zero-order chi connectivity index (χ0) is 15.4. The number of carbonyl (C=O) groups is 1. The topological polar surface area (TPSA) is 41.1 Å². The second kappa shape index (κ2) is 6.18. The van der Waals surface area contributed by atoms with Gasteiger partial charge in [0.1, 0.15) is 5.82 Å². The Morgan fingerprint density at radius 2 is 1.68 bits per heavy atom. The zero-order valence-electron chi connectivity index (χ0n) is 12.3. The van der Waals surface area contributed by atoms with E-state index in [0.29, 0.717) is 13.1 Å². The van der Waals surface area contributed by atoms with Gasteiger partial charge in [0.05, 0.1) is 0 Å². The first kappa shape index (κ1) is 14.6. The van der Waals surface area contributed by atoms with Gasteiger partial charge in [-0.2, -0.15) is 0 Å². The maximum atomic E-state index is 13.0. The summed E-state index contributed by atoms with van der Waals surface area (Å²) in [7, 11) is 0. The van der Waals surface area contributed by atoms with Crippen LogP contribution in [-0.4, -0.2) is 12.6 Å².